The van der Waals surface area contributed by atoms with Crippen LogP contribution in [0.25, 0.3) is 0 Å². The molecule has 0 radical (unpaired) electrons. The molecule has 4 aliphatic carbocycles. The average molecular weight is 340 g/mol. The summed E-state index contributed by atoms with van der Waals surface area (Å²) in [5.41, 5.74) is 0. The maximum absolute atomic E-state index is 13.0. The summed E-state index contributed by atoms with van der Waals surface area (Å²) >= 11 is 0. The number of rotatable bonds is 4. The summed E-state index contributed by atoms with van der Waals surface area (Å²) in [6.07, 6.45) is 3.50. The van der Waals surface area contributed by atoms with E-state index in [-0.39, 0.29) is 17.9 Å². The van der Waals surface area contributed by atoms with Crippen LogP contribution in [-0.2, 0) is 19.6 Å². The Hall–Kier alpha value is -0.960. The number of hydrogen-bond acceptors (Lipinski definition) is 5. The molecule has 22 heavy (non-hydrogen) atoms. The van der Waals surface area contributed by atoms with Crippen molar-refractivity contribution >= 4 is 16.3 Å². The van der Waals surface area contributed by atoms with E-state index in [2.05, 4.69) is 4.74 Å². The zero-order valence-corrected chi connectivity index (χ0v) is 12.6. The van der Waals surface area contributed by atoms with E-state index in [4.69, 9.17) is 9.29 Å². The molecule has 9 heteroatoms. The first-order chi connectivity index (χ1) is 10.2. The molecule has 4 bridgehead atoms. The summed E-state index contributed by atoms with van der Waals surface area (Å²) in [5.74, 6) is 1.82. The maximum atomic E-state index is 13.0. The van der Waals surface area contributed by atoms with Crippen LogP contribution in [0.3, 0.4) is 0 Å². The van der Waals surface area contributed by atoms with Crippen LogP contribution in [0, 0.1) is 23.7 Å². The Labute approximate surface area is 126 Å². The third-order valence-electron chi connectivity index (χ3n) is 5.11. The van der Waals surface area contributed by atoms with Crippen molar-refractivity contribution in [1.29, 1.82) is 0 Å². The van der Waals surface area contributed by atoms with Crippen LogP contribution in [0.1, 0.15) is 32.1 Å². The molecule has 0 saturated heterocycles. The Kier molecular flexibility index (Phi) is 3.83. The van der Waals surface area contributed by atoms with Crippen molar-refractivity contribution in [1.82, 2.24) is 0 Å². The summed E-state index contributed by atoms with van der Waals surface area (Å²) in [7, 11) is -5.61. The minimum absolute atomic E-state index is 0.242. The van der Waals surface area contributed by atoms with E-state index in [1.165, 1.54) is 6.42 Å². The van der Waals surface area contributed by atoms with Gasteiger partial charge in [-0.2, -0.15) is 17.2 Å². The number of ether oxygens (including phenoxy) is 2. The van der Waals surface area contributed by atoms with E-state index < -0.39 is 28.1 Å². The Morgan fingerprint density at radius 3 is 2.05 bits per heavy atom. The predicted molar refractivity (Wildman–Crippen MR) is 69.8 cm³/mol. The summed E-state index contributed by atoms with van der Waals surface area (Å²) in [6, 6.07) is 0. The van der Waals surface area contributed by atoms with E-state index in [1.54, 1.807) is 0 Å². The third-order valence-corrected chi connectivity index (χ3v) is 5.98. The van der Waals surface area contributed by atoms with Gasteiger partial charge in [0.15, 0.2) is 6.61 Å². The third kappa shape index (κ3) is 2.92. The van der Waals surface area contributed by atoms with Crippen molar-refractivity contribution in [3.63, 3.8) is 0 Å². The van der Waals surface area contributed by atoms with Crippen LogP contribution in [0.5, 0.6) is 0 Å². The fraction of sp³-hybridized carbons (Fsp3) is 0.923. The summed E-state index contributed by atoms with van der Waals surface area (Å²) in [6.45, 7) is -1.75. The number of carbonyl (C=O) groups excluding carboxylic acids is 1. The first-order valence-corrected chi connectivity index (χ1v) is 8.78. The molecule has 0 aliphatic heterocycles. The Morgan fingerprint density at radius 2 is 1.59 bits per heavy atom. The van der Waals surface area contributed by atoms with Gasteiger partial charge in [-0.3, -0.25) is 4.55 Å². The minimum Gasteiger partial charge on any atom is -0.430 e. The van der Waals surface area contributed by atoms with E-state index >= 15 is 0 Å². The van der Waals surface area contributed by atoms with Gasteiger partial charge in [0, 0.05) is 0 Å². The second kappa shape index (κ2) is 5.30. The molecule has 0 unspecified atom stereocenters. The normalized spacial score (nSPS) is 37.1. The van der Waals surface area contributed by atoms with Gasteiger partial charge < -0.3 is 9.47 Å². The predicted octanol–water partition coefficient (Wildman–Crippen LogP) is 2.44. The van der Waals surface area contributed by atoms with Gasteiger partial charge in [-0.15, -0.1) is 0 Å². The average Bonchev–Trinajstić information content (AvgIpc) is 2.38. The largest absolute Gasteiger partial charge is 0.508 e. The molecule has 1 N–H and O–H groups in total. The second-order valence-corrected chi connectivity index (χ2v) is 8.21. The topological polar surface area (TPSA) is 89.9 Å². The van der Waals surface area contributed by atoms with Crippen LogP contribution < -0.4 is 0 Å². The Bertz CT molecular complexity index is 533. The fourth-order valence-corrected chi connectivity index (χ4v) is 4.64. The molecule has 0 heterocycles. The highest BCUT2D eigenvalue weighted by molar-refractivity contribution is 7.86. The van der Waals surface area contributed by atoms with Crippen molar-refractivity contribution in [2.24, 2.45) is 23.7 Å². The van der Waals surface area contributed by atoms with Gasteiger partial charge in [-0.25, -0.2) is 4.79 Å². The van der Waals surface area contributed by atoms with Crippen molar-refractivity contribution < 1.29 is 36.0 Å². The summed E-state index contributed by atoms with van der Waals surface area (Å²) < 4.78 is 64.5. The molecule has 4 fully saturated rings. The van der Waals surface area contributed by atoms with Gasteiger partial charge in [0.2, 0.25) is 0 Å². The molecule has 0 amide bonds. The number of hydrogen-bond donors (Lipinski definition) is 1. The lowest BCUT2D eigenvalue weighted by atomic mass is 9.55. The Morgan fingerprint density at radius 1 is 1.09 bits per heavy atom. The van der Waals surface area contributed by atoms with Gasteiger partial charge in [0.25, 0.3) is 0 Å². The lowest BCUT2D eigenvalue weighted by molar-refractivity contribution is -0.117. The van der Waals surface area contributed by atoms with E-state index in [0.29, 0.717) is 11.8 Å². The molecule has 4 aliphatic rings. The van der Waals surface area contributed by atoms with Gasteiger partial charge in [-0.05, 0) is 55.8 Å². The van der Waals surface area contributed by atoms with Crippen molar-refractivity contribution in [3.8, 4) is 0 Å². The zero-order chi connectivity index (χ0) is 16.1. The first kappa shape index (κ1) is 15.9. The van der Waals surface area contributed by atoms with Gasteiger partial charge in [0.1, 0.15) is 6.10 Å². The maximum Gasteiger partial charge on any atom is 0.508 e. The molecular formula is C13H18F2O6S. The SMILES string of the molecule is O=C(OCC(F)(F)S(=O)(=O)O)OC1C2CC3CC(C2)CC1C3. The molecule has 4 saturated carbocycles. The Balaban J connectivity index is 1.54. The smallest absolute Gasteiger partial charge is 0.430 e. The van der Waals surface area contributed by atoms with E-state index in [0.717, 1.165) is 25.7 Å². The molecule has 0 spiro atoms. The number of alkyl halides is 2. The van der Waals surface area contributed by atoms with Crippen molar-refractivity contribution in [3.05, 3.63) is 0 Å². The quantitative estimate of drug-likeness (QED) is 0.624. The molecule has 0 aromatic carbocycles. The molecule has 126 valence electrons. The highest BCUT2D eigenvalue weighted by atomic mass is 32.2. The van der Waals surface area contributed by atoms with E-state index in [9.17, 15) is 22.0 Å². The molecule has 0 atom stereocenters. The number of halogens is 2. The lowest BCUT2D eigenvalue weighted by Crippen LogP contribution is -2.50. The monoisotopic (exact) mass is 340 g/mol. The van der Waals surface area contributed by atoms with Gasteiger partial charge in [0.05, 0.1) is 0 Å². The van der Waals surface area contributed by atoms with Crippen LogP contribution in [0.2, 0.25) is 0 Å². The van der Waals surface area contributed by atoms with Gasteiger partial charge >= 0.3 is 21.5 Å². The van der Waals surface area contributed by atoms with Crippen LogP contribution in [0.4, 0.5) is 13.6 Å². The van der Waals surface area contributed by atoms with Crippen LogP contribution in [-0.4, -0.2) is 37.1 Å². The standard InChI is InChI=1S/C13H18F2O6S/c14-13(15,22(17,18)19)6-20-12(16)21-11-9-2-7-1-8(4-9)5-10(11)3-7/h7-11H,1-6H2,(H,17,18,19). The van der Waals surface area contributed by atoms with Crippen LogP contribution >= 0.6 is 0 Å². The fourth-order valence-electron chi connectivity index (χ4n) is 4.43. The van der Waals surface area contributed by atoms with E-state index in [1.807, 2.05) is 0 Å². The summed E-state index contributed by atoms with van der Waals surface area (Å²) in [5, 5.41) is -4.53. The van der Waals surface area contributed by atoms with Crippen molar-refractivity contribution in [2.45, 2.75) is 43.5 Å². The zero-order valence-electron chi connectivity index (χ0n) is 11.8. The molecular weight excluding hydrogens is 322 g/mol. The first-order valence-electron chi connectivity index (χ1n) is 7.34. The highest BCUT2D eigenvalue weighted by Gasteiger charge is 2.51. The summed E-state index contributed by atoms with van der Waals surface area (Å²) in [4.78, 5) is 11.6. The lowest BCUT2D eigenvalue weighted by Gasteiger charge is -2.53. The highest BCUT2D eigenvalue weighted by Crippen LogP contribution is 2.54. The molecule has 6 nitrogen and oxygen atoms in total. The number of carbonyl (C=O) groups is 1. The van der Waals surface area contributed by atoms with Crippen LogP contribution in [0.15, 0.2) is 0 Å². The second-order valence-electron chi connectivity index (χ2n) is 6.66. The van der Waals surface area contributed by atoms with Crippen molar-refractivity contribution in [2.75, 3.05) is 6.61 Å². The van der Waals surface area contributed by atoms with Gasteiger partial charge in [-0.1, -0.05) is 0 Å². The molecule has 0 aromatic heterocycles. The minimum atomic E-state index is -5.61. The molecule has 4 rings (SSSR count). The molecule has 0 aromatic rings.